The Bertz CT molecular complexity index is 611. The van der Waals surface area contributed by atoms with Gasteiger partial charge in [0.05, 0.1) is 17.4 Å². The lowest BCUT2D eigenvalue weighted by molar-refractivity contribution is 0.0699. The standard InChI is InChI=1S/C14H16N2O2/c1-14(6-3-7-14)8-16-9-15-12-10(13(17)18)4-2-5-11(12)16/h2,4-5,9H,3,6-8H2,1H3,(H,17,18). The summed E-state index contributed by atoms with van der Waals surface area (Å²) in [5.41, 5.74) is 2.15. The van der Waals surface area contributed by atoms with E-state index in [9.17, 15) is 4.79 Å². The van der Waals surface area contributed by atoms with Gasteiger partial charge in [-0.25, -0.2) is 9.78 Å². The fraction of sp³-hybridized carbons (Fsp3) is 0.429. The first-order valence-electron chi connectivity index (χ1n) is 6.26. The highest BCUT2D eigenvalue weighted by Gasteiger charge is 2.32. The molecule has 4 nitrogen and oxygen atoms in total. The number of carboxylic acid groups (broad SMARTS) is 1. The van der Waals surface area contributed by atoms with Crippen LogP contribution >= 0.6 is 0 Å². The van der Waals surface area contributed by atoms with Crippen LogP contribution in [-0.4, -0.2) is 20.6 Å². The Hall–Kier alpha value is -1.84. The van der Waals surface area contributed by atoms with Crippen molar-refractivity contribution in [2.45, 2.75) is 32.7 Å². The molecular weight excluding hydrogens is 228 g/mol. The maximum atomic E-state index is 11.1. The number of para-hydroxylation sites is 1. The second kappa shape index (κ2) is 3.83. The van der Waals surface area contributed by atoms with Gasteiger partial charge in [0.2, 0.25) is 0 Å². The van der Waals surface area contributed by atoms with Crippen molar-refractivity contribution in [2.24, 2.45) is 5.41 Å². The minimum absolute atomic E-state index is 0.282. The summed E-state index contributed by atoms with van der Waals surface area (Å²) in [4.78, 5) is 15.4. The number of nitrogens with zero attached hydrogens (tertiary/aromatic N) is 2. The number of hydrogen-bond acceptors (Lipinski definition) is 2. The summed E-state index contributed by atoms with van der Waals surface area (Å²) in [5.74, 6) is -0.916. The van der Waals surface area contributed by atoms with Crippen LogP contribution < -0.4 is 0 Å². The molecule has 0 spiro atoms. The van der Waals surface area contributed by atoms with E-state index in [1.54, 1.807) is 18.5 Å². The van der Waals surface area contributed by atoms with E-state index in [2.05, 4.69) is 16.5 Å². The van der Waals surface area contributed by atoms with Crippen molar-refractivity contribution >= 4 is 17.0 Å². The molecule has 0 unspecified atom stereocenters. The third-order valence-corrected chi connectivity index (χ3v) is 3.99. The van der Waals surface area contributed by atoms with Crippen LogP contribution in [0.5, 0.6) is 0 Å². The zero-order valence-electron chi connectivity index (χ0n) is 10.4. The topological polar surface area (TPSA) is 55.1 Å². The molecule has 1 N–H and O–H groups in total. The Balaban J connectivity index is 2.04. The first-order valence-corrected chi connectivity index (χ1v) is 6.26. The molecule has 0 saturated heterocycles. The average molecular weight is 244 g/mol. The molecule has 1 heterocycles. The first-order chi connectivity index (χ1) is 8.59. The summed E-state index contributed by atoms with van der Waals surface area (Å²) in [5, 5.41) is 9.13. The normalized spacial score (nSPS) is 17.6. The first kappa shape index (κ1) is 11.3. The van der Waals surface area contributed by atoms with E-state index in [0.29, 0.717) is 10.9 Å². The lowest BCUT2D eigenvalue weighted by Gasteiger charge is -2.38. The SMILES string of the molecule is CC1(Cn2cnc3c(C(=O)O)cccc32)CCC1. The molecule has 2 aromatic rings. The van der Waals surface area contributed by atoms with Crippen molar-refractivity contribution < 1.29 is 9.90 Å². The highest BCUT2D eigenvalue weighted by Crippen LogP contribution is 2.42. The van der Waals surface area contributed by atoms with Crippen LogP contribution in [0.4, 0.5) is 0 Å². The summed E-state index contributed by atoms with van der Waals surface area (Å²) in [6.07, 6.45) is 5.54. The van der Waals surface area contributed by atoms with Gasteiger partial charge >= 0.3 is 5.97 Å². The monoisotopic (exact) mass is 244 g/mol. The highest BCUT2D eigenvalue weighted by molar-refractivity contribution is 6.00. The van der Waals surface area contributed by atoms with Crippen LogP contribution in [0.15, 0.2) is 24.5 Å². The van der Waals surface area contributed by atoms with Gasteiger partial charge in [-0.3, -0.25) is 0 Å². The lowest BCUT2D eigenvalue weighted by Crippen LogP contribution is -2.30. The summed E-state index contributed by atoms with van der Waals surface area (Å²) in [7, 11) is 0. The van der Waals surface area contributed by atoms with Crippen LogP contribution in [0, 0.1) is 5.41 Å². The van der Waals surface area contributed by atoms with Gasteiger partial charge in [-0.1, -0.05) is 19.4 Å². The van der Waals surface area contributed by atoms with Crippen molar-refractivity contribution in [2.75, 3.05) is 0 Å². The molecule has 1 aromatic heterocycles. The van der Waals surface area contributed by atoms with E-state index >= 15 is 0 Å². The zero-order chi connectivity index (χ0) is 12.8. The fourth-order valence-electron chi connectivity index (χ4n) is 2.74. The van der Waals surface area contributed by atoms with Crippen molar-refractivity contribution in [3.8, 4) is 0 Å². The largest absolute Gasteiger partial charge is 0.478 e. The molecule has 3 rings (SSSR count). The molecule has 0 radical (unpaired) electrons. The molecule has 4 heteroatoms. The van der Waals surface area contributed by atoms with Gasteiger partial charge in [-0.15, -0.1) is 0 Å². The number of benzene rings is 1. The number of carboxylic acids is 1. The molecule has 1 aliphatic rings. The minimum Gasteiger partial charge on any atom is -0.478 e. The number of carbonyl (C=O) groups is 1. The molecule has 94 valence electrons. The Kier molecular flexibility index (Phi) is 2.40. The highest BCUT2D eigenvalue weighted by atomic mass is 16.4. The predicted octanol–water partition coefficient (Wildman–Crippen LogP) is 2.92. The van der Waals surface area contributed by atoms with Gasteiger partial charge in [0.1, 0.15) is 5.52 Å². The van der Waals surface area contributed by atoms with Crippen LogP contribution in [-0.2, 0) is 6.54 Å². The summed E-state index contributed by atoms with van der Waals surface area (Å²) >= 11 is 0. The van der Waals surface area contributed by atoms with E-state index in [1.165, 1.54) is 19.3 Å². The molecule has 1 aliphatic carbocycles. The number of aromatic nitrogens is 2. The lowest BCUT2D eigenvalue weighted by atomic mass is 9.70. The molecule has 1 aromatic carbocycles. The van der Waals surface area contributed by atoms with Crippen molar-refractivity contribution in [1.29, 1.82) is 0 Å². The van der Waals surface area contributed by atoms with Gasteiger partial charge in [0.25, 0.3) is 0 Å². The quantitative estimate of drug-likeness (QED) is 0.903. The third-order valence-electron chi connectivity index (χ3n) is 3.99. The Morgan fingerprint density at radius 1 is 1.50 bits per heavy atom. The van der Waals surface area contributed by atoms with E-state index in [0.717, 1.165) is 12.1 Å². The van der Waals surface area contributed by atoms with Gasteiger partial charge < -0.3 is 9.67 Å². The van der Waals surface area contributed by atoms with Gasteiger partial charge in [-0.2, -0.15) is 0 Å². The zero-order valence-corrected chi connectivity index (χ0v) is 10.4. The fourth-order valence-corrected chi connectivity index (χ4v) is 2.74. The van der Waals surface area contributed by atoms with Crippen LogP contribution in [0.1, 0.15) is 36.5 Å². The third kappa shape index (κ3) is 1.68. The Labute approximate surface area is 105 Å². The van der Waals surface area contributed by atoms with Crippen molar-refractivity contribution in [3.05, 3.63) is 30.1 Å². The number of rotatable bonds is 3. The molecule has 0 bridgehead atoms. The van der Waals surface area contributed by atoms with E-state index in [1.807, 2.05) is 6.07 Å². The molecule has 0 atom stereocenters. The number of imidazole rings is 1. The van der Waals surface area contributed by atoms with Crippen molar-refractivity contribution in [3.63, 3.8) is 0 Å². The summed E-state index contributed by atoms with van der Waals surface area (Å²) in [6.45, 7) is 3.20. The molecule has 18 heavy (non-hydrogen) atoms. The summed E-state index contributed by atoms with van der Waals surface area (Å²) < 4.78 is 2.08. The minimum atomic E-state index is -0.916. The molecule has 1 saturated carbocycles. The van der Waals surface area contributed by atoms with Crippen molar-refractivity contribution in [1.82, 2.24) is 9.55 Å². The Morgan fingerprint density at radius 3 is 2.89 bits per heavy atom. The number of hydrogen-bond donors (Lipinski definition) is 1. The van der Waals surface area contributed by atoms with E-state index < -0.39 is 5.97 Å². The van der Waals surface area contributed by atoms with Gasteiger partial charge in [0.15, 0.2) is 0 Å². The molecule has 1 fully saturated rings. The maximum absolute atomic E-state index is 11.1. The predicted molar refractivity (Wildman–Crippen MR) is 68.7 cm³/mol. The maximum Gasteiger partial charge on any atom is 0.337 e. The molecule has 0 amide bonds. The molecular formula is C14H16N2O2. The second-order valence-electron chi connectivity index (χ2n) is 5.52. The smallest absolute Gasteiger partial charge is 0.337 e. The van der Waals surface area contributed by atoms with Crippen LogP contribution in [0.3, 0.4) is 0 Å². The summed E-state index contributed by atoms with van der Waals surface area (Å²) in [6, 6.07) is 5.33. The van der Waals surface area contributed by atoms with Gasteiger partial charge in [0, 0.05) is 6.54 Å². The van der Waals surface area contributed by atoms with Crippen LogP contribution in [0.2, 0.25) is 0 Å². The number of fused-ring (bicyclic) bond motifs is 1. The number of aromatic carboxylic acids is 1. The Morgan fingerprint density at radius 2 is 2.28 bits per heavy atom. The second-order valence-corrected chi connectivity index (χ2v) is 5.52. The average Bonchev–Trinajstić information content (AvgIpc) is 2.70. The van der Waals surface area contributed by atoms with E-state index in [-0.39, 0.29) is 5.56 Å². The van der Waals surface area contributed by atoms with E-state index in [4.69, 9.17) is 5.11 Å². The van der Waals surface area contributed by atoms with Gasteiger partial charge in [-0.05, 0) is 30.4 Å². The van der Waals surface area contributed by atoms with Crippen LogP contribution in [0.25, 0.3) is 11.0 Å². The molecule has 0 aliphatic heterocycles.